The molecule has 0 amide bonds. The summed E-state index contributed by atoms with van der Waals surface area (Å²) >= 11 is 1.86. The highest BCUT2D eigenvalue weighted by molar-refractivity contribution is 7.25. The van der Waals surface area contributed by atoms with Crippen molar-refractivity contribution in [2.45, 2.75) is 0 Å². The van der Waals surface area contributed by atoms with Crippen molar-refractivity contribution >= 4 is 42.3 Å². The lowest BCUT2D eigenvalue weighted by Crippen LogP contribution is -2.00. The van der Waals surface area contributed by atoms with Crippen molar-refractivity contribution in [2.75, 3.05) is 0 Å². The summed E-state index contributed by atoms with van der Waals surface area (Å²) in [6, 6.07) is 48.7. The molecule has 6 aromatic carbocycles. The molecule has 0 spiro atoms. The number of nitrogens with zero attached hydrogens (tertiary/aromatic N) is 3. The molecule has 2 aromatic heterocycles. The van der Waals surface area contributed by atoms with Gasteiger partial charge < -0.3 is 0 Å². The minimum atomic E-state index is 0.659. The van der Waals surface area contributed by atoms with Gasteiger partial charge in [0.15, 0.2) is 17.5 Å². The van der Waals surface area contributed by atoms with E-state index in [9.17, 15) is 0 Å². The van der Waals surface area contributed by atoms with E-state index in [1.54, 1.807) is 0 Å². The van der Waals surface area contributed by atoms with Crippen molar-refractivity contribution in [1.82, 2.24) is 15.0 Å². The predicted molar refractivity (Wildman–Crippen MR) is 172 cm³/mol. The van der Waals surface area contributed by atoms with Gasteiger partial charge in [-0.15, -0.1) is 11.3 Å². The molecule has 0 bridgehead atoms. The lowest BCUT2D eigenvalue weighted by Gasteiger charge is -2.10. The zero-order valence-corrected chi connectivity index (χ0v) is 22.8. The number of fused-ring (bicyclic) bond motifs is 4. The largest absolute Gasteiger partial charge is 0.208 e. The van der Waals surface area contributed by atoms with Crippen LogP contribution in [-0.2, 0) is 0 Å². The number of thiophene rings is 1. The molecule has 0 saturated carbocycles. The molecule has 8 aromatic rings. The van der Waals surface area contributed by atoms with E-state index >= 15 is 0 Å². The quantitative estimate of drug-likeness (QED) is 0.222. The SMILES string of the molecule is c1ccc(-c2nc(-c3ccccc3)nc(-c3cccc(-c4ccc5cc6sc7ccccc7c6cc5c4)c3)n2)cc1. The summed E-state index contributed by atoms with van der Waals surface area (Å²) in [6.07, 6.45) is 0. The van der Waals surface area contributed by atoms with Crippen LogP contribution in [0.2, 0.25) is 0 Å². The van der Waals surface area contributed by atoms with Gasteiger partial charge in [0.05, 0.1) is 0 Å². The normalized spacial score (nSPS) is 11.4. The van der Waals surface area contributed by atoms with E-state index in [2.05, 4.69) is 78.9 Å². The van der Waals surface area contributed by atoms with Gasteiger partial charge in [0.25, 0.3) is 0 Å². The van der Waals surface area contributed by atoms with Crippen LogP contribution in [0.4, 0.5) is 0 Å². The Morgan fingerprint density at radius 2 is 0.927 bits per heavy atom. The Morgan fingerprint density at radius 1 is 0.341 bits per heavy atom. The maximum atomic E-state index is 4.92. The molecule has 0 aliphatic heterocycles. The molecular weight excluding hydrogens is 518 g/mol. The average Bonchev–Trinajstić information content (AvgIpc) is 3.41. The Balaban J connectivity index is 1.25. The molecule has 3 nitrogen and oxygen atoms in total. The van der Waals surface area contributed by atoms with Crippen LogP contribution in [0.3, 0.4) is 0 Å². The first-order valence-corrected chi connectivity index (χ1v) is 14.4. The Kier molecular flexibility index (Phi) is 5.64. The van der Waals surface area contributed by atoms with Crippen molar-refractivity contribution in [3.05, 3.63) is 140 Å². The van der Waals surface area contributed by atoms with Crippen molar-refractivity contribution in [3.8, 4) is 45.3 Å². The first-order chi connectivity index (χ1) is 20.3. The third kappa shape index (κ3) is 4.35. The molecule has 4 heteroatoms. The highest BCUT2D eigenvalue weighted by atomic mass is 32.1. The zero-order chi connectivity index (χ0) is 27.2. The first kappa shape index (κ1) is 23.7. The molecule has 2 heterocycles. The molecule has 41 heavy (non-hydrogen) atoms. The summed E-state index contributed by atoms with van der Waals surface area (Å²) in [5, 5.41) is 5.12. The number of hydrogen-bond donors (Lipinski definition) is 0. The van der Waals surface area contributed by atoms with Gasteiger partial charge in [0.2, 0.25) is 0 Å². The third-order valence-electron chi connectivity index (χ3n) is 7.49. The van der Waals surface area contributed by atoms with Gasteiger partial charge in [0, 0.05) is 36.9 Å². The molecule has 8 rings (SSSR count). The molecule has 0 unspecified atom stereocenters. The topological polar surface area (TPSA) is 38.7 Å². The fourth-order valence-corrected chi connectivity index (χ4v) is 6.56. The van der Waals surface area contributed by atoms with Gasteiger partial charge in [-0.1, -0.05) is 109 Å². The first-order valence-electron chi connectivity index (χ1n) is 13.6. The summed E-state index contributed by atoms with van der Waals surface area (Å²) in [5.74, 6) is 1.99. The second-order valence-corrected chi connectivity index (χ2v) is 11.2. The van der Waals surface area contributed by atoms with Gasteiger partial charge >= 0.3 is 0 Å². The van der Waals surface area contributed by atoms with Crippen molar-refractivity contribution in [2.24, 2.45) is 0 Å². The van der Waals surface area contributed by atoms with E-state index in [1.165, 1.54) is 36.5 Å². The summed E-state index contributed by atoms with van der Waals surface area (Å²) in [4.78, 5) is 14.7. The second-order valence-electron chi connectivity index (χ2n) is 10.1. The van der Waals surface area contributed by atoms with Gasteiger partial charge in [-0.25, -0.2) is 15.0 Å². The maximum absolute atomic E-state index is 4.92. The predicted octanol–water partition coefficient (Wildman–Crippen LogP) is 10.1. The van der Waals surface area contributed by atoms with Crippen molar-refractivity contribution in [1.29, 1.82) is 0 Å². The van der Waals surface area contributed by atoms with Crippen LogP contribution < -0.4 is 0 Å². The van der Waals surface area contributed by atoms with E-state index < -0.39 is 0 Å². The molecular formula is C37H23N3S. The van der Waals surface area contributed by atoms with Gasteiger partial charge in [-0.05, 0) is 52.2 Å². The summed E-state index contributed by atoms with van der Waals surface area (Å²) in [6.45, 7) is 0. The highest BCUT2D eigenvalue weighted by Crippen LogP contribution is 2.37. The third-order valence-corrected chi connectivity index (χ3v) is 8.62. The molecule has 0 N–H and O–H groups in total. The monoisotopic (exact) mass is 541 g/mol. The smallest absolute Gasteiger partial charge is 0.164 e. The van der Waals surface area contributed by atoms with Crippen LogP contribution in [0.15, 0.2) is 140 Å². The van der Waals surface area contributed by atoms with Crippen LogP contribution in [0, 0.1) is 0 Å². The Labute approximate surface area is 241 Å². The molecule has 0 radical (unpaired) electrons. The Morgan fingerprint density at radius 3 is 1.66 bits per heavy atom. The van der Waals surface area contributed by atoms with E-state index in [0.29, 0.717) is 17.5 Å². The fourth-order valence-electron chi connectivity index (χ4n) is 5.42. The van der Waals surface area contributed by atoms with Crippen LogP contribution in [0.25, 0.3) is 76.2 Å². The minimum absolute atomic E-state index is 0.659. The van der Waals surface area contributed by atoms with Gasteiger partial charge in [0.1, 0.15) is 0 Å². The fraction of sp³-hybridized carbons (Fsp3) is 0. The van der Waals surface area contributed by atoms with E-state index in [4.69, 9.17) is 15.0 Å². The minimum Gasteiger partial charge on any atom is -0.208 e. The van der Waals surface area contributed by atoms with Crippen LogP contribution in [0.5, 0.6) is 0 Å². The lowest BCUT2D eigenvalue weighted by molar-refractivity contribution is 1.07. The Bertz CT molecular complexity index is 2140. The van der Waals surface area contributed by atoms with E-state index in [1.807, 2.05) is 72.0 Å². The van der Waals surface area contributed by atoms with Crippen LogP contribution in [-0.4, -0.2) is 15.0 Å². The maximum Gasteiger partial charge on any atom is 0.164 e. The van der Waals surface area contributed by atoms with Gasteiger partial charge in [-0.2, -0.15) is 0 Å². The average molecular weight is 542 g/mol. The molecule has 0 aliphatic carbocycles. The van der Waals surface area contributed by atoms with Crippen molar-refractivity contribution < 1.29 is 0 Å². The zero-order valence-electron chi connectivity index (χ0n) is 22.0. The molecule has 0 atom stereocenters. The van der Waals surface area contributed by atoms with Crippen molar-refractivity contribution in [3.63, 3.8) is 0 Å². The summed E-state index contributed by atoms with van der Waals surface area (Å²) in [7, 11) is 0. The standard InChI is InChI=1S/C37H23N3S/c1-3-10-24(11-4-1)35-38-36(25-12-5-2-6-13-25)40-37(39-35)29-15-9-14-26(20-29)27-18-19-28-23-34-32(22-30(28)21-27)31-16-7-8-17-33(31)41-34/h1-23H. The van der Waals surface area contributed by atoms with Gasteiger partial charge in [-0.3, -0.25) is 0 Å². The van der Waals surface area contributed by atoms with E-state index in [-0.39, 0.29) is 0 Å². The molecule has 0 fully saturated rings. The van der Waals surface area contributed by atoms with Crippen LogP contribution >= 0.6 is 11.3 Å². The number of benzene rings is 6. The molecule has 0 saturated heterocycles. The number of aromatic nitrogens is 3. The molecule has 0 aliphatic rings. The number of hydrogen-bond acceptors (Lipinski definition) is 4. The molecule has 192 valence electrons. The summed E-state index contributed by atoms with van der Waals surface area (Å²) in [5.41, 5.74) is 5.18. The second kappa shape index (κ2) is 9.77. The van der Waals surface area contributed by atoms with Crippen LogP contribution in [0.1, 0.15) is 0 Å². The number of rotatable bonds is 4. The Hall–Kier alpha value is -5.19. The summed E-state index contributed by atoms with van der Waals surface area (Å²) < 4.78 is 2.65. The van der Waals surface area contributed by atoms with E-state index in [0.717, 1.165) is 22.3 Å². The highest BCUT2D eigenvalue weighted by Gasteiger charge is 2.13. The lowest BCUT2D eigenvalue weighted by atomic mass is 9.98.